The predicted octanol–water partition coefficient (Wildman–Crippen LogP) is 2.00. The van der Waals surface area contributed by atoms with Gasteiger partial charge >= 0.3 is 6.09 Å². The summed E-state index contributed by atoms with van der Waals surface area (Å²) in [5, 5.41) is 12.9. The summed E-state index contributed by atoms with van der Waals surface area (Å²) in [5.74, 6) is 0. The number of carboxylic acid groups (broad SMARTS) is 1. The fourth-order valence-corrected chi connectivity index (χ4v) is 1.48. The molecule has 0 aliphatic carbocycles. The molecule has 0 aliphatic heterocycles. The zero-order chi connectivity index (χ0) is 10.7. The number of fused-ring (bicyclic) bond motifs is 1. The van der Waals surface area contributed by atoms with Gasteiger partial charge in [0.1, 0.15) is 0 Å². The number of hydrogen-bond donors (Lipinski definition) is 2. The summed E-state index contributed by atoms with van der Waals surface area (Å²) in [6.07, 6.45) is 0.644. The van der Waals surface area contributed by atoms with Crippen LogP contribution in [0.3, 0.4) is 0 Å². The Balaban J connectivity index is 2.38. The van der Waals surface area contributed by atoms with Crippen molar-refractivity contribution < 1.29 is 9.90 Å². The Morgan fingerprint density at radius 3 is 2.93 bits per heavy atom. The first-order chi connectivity index (χ1) is 7.27. The van der Waals surface area contributed by atoms with E-state index in [-0.39, 0.29) is 6.54 Å². The number of pyridine rings is 1. The lowest BCUT2D eigenvalue weighted by molar-refractivity contribution is 0.194. The molecule has 1 aromatic heterocycles. The molecule has 0 radical (unpaired) electrons. The number of amides is 1. The lowest BCUT2D eigenvalue weighted by Crippen LogP contribution is -2.20. The molecule has 0 spiro atoms. The average Bonchev–Trinajstić information content (AvgIpc) is 2.26. The normalized spacial score (nSPS) is 10.1. The lowest BCUT2D eigenvalue weighted by atomic mass is 10.1. The second-order valence-corrected chi connectivity index (χ2v) is 3.14. The van der Waals surface area contributed by atoms with Gasteiger partial charge in [-0.25, -0.2) is 4.79 Å². The number of nitrogens with zero attached hydrogens (tertiary/aromatic N) is 1. The maximum atomic E-state index is 10.4. The van der Waals surface area contributed by atoms with E-state index in [0.29, 0.717) is 0 Å². The number of carbonyl (C=O) groups is 1. The molecule has 2 rings (SSSR count). The molecule has 0 fully saturated rings. The van der Waals surface area contributed by atoms with Crippen molar-refractivity contribution in [2.75, 3.05) is 0 Å². The van der Waals surface area contributed by atoms with Crippen LogP contribution >= 0.6 is 0 Å². The Labute approximate surface area is 86.6 Å². The molecule has 1 aromatic carbocycles. The van der Waals surface area contributed by atoms with E-state index in [9.17, 15) is 4.79 Å². The maximum Gasteiger partial charge on any atom is 0.404 e. The van der Waals surface area contributed by atoms with Gasteiger partial charge in [0.05, 0.1) is 12.2 Å². The minimum absolute atomic E-state index is 0.233. The Morgan fingerprint density at radius 1 is 1.33 bits per heavy atom. The summed E-state index contributed by atoms with van der Waals surface area (Å²) in [4.78, 5) is 14.5. The molecular weight excluding hydrogens is 192 g/mol. The van der Waals surface area contributed by atoms with E-state index >= 15 is 0 Å². The fourth-order valence-electron chi connectivity index (χ4n) is 1.48. The van der Waals surface area contributed by atoms with Crippen molar-refractivity contribution in [3.63, 3.8) is 0 Å². The van der Waals surface area contributed by atoms with Crippen LogP contribution < -0.4 is 5.32 Å². The van der Waals surface area contributed by atoms with Crippen molar-refractivity contribution in [3.8, 4) is 0 Å². The van der Waals surface area contributed by atoms with Gasteiger partial charge < -0.3 is 10.4 Å². The van der Waals surface area contributed by atoms with E-state index in [1.165, 1.54) is 0 Å². The molecule has 0 saturated carbocycles. The smallest absolute Gasteiger partial charge is 0.404 e. The van der Waals surface area contributed by atoms with Crippen LogP contribution in [0, 0.1) is 0 Å². The minimum atomic E-state index is -1.04. The van der Waals surface area contributed by atoms with Crippen molar-refractivity contribution >= 4 is 16.9 Å². The highest BCUT2D eigenvalue weighted by Crippen LogP contribution is 2.15. The molecule has 15 heavy (non-hydrogen) atoms. The molecule has 4 nitrogen and oxygen atoms in total. The van der Waals surface area contributed by atoms with Gasteiger partial charge in [-0.05, 0) is 11.5 Å². The van der Waals surface area contributed by atoms with E-state index in [2.05, 4.69) is 10.3 Å². The van der Waals surface area contributed by atoms with Crippen LogP contribution in [-0.2, 0) is 6.54 Å². The molecule has 0 bridgehead atoms. The monoisotopic (exact) mass is 202 g/mol. The van der Waals surface area contributed by atoms with Gasteiger partial charge in [0, 0.05) is 11.6 Å². The summed E-state index contributed by atoms with van der Waals surface area (Å²) < 4.78 is 0. The fraction of sp³-hybridized carbons (Fsp3) is 0.0909. The molecule has 0 atom stereocenters. The van der Waals surface area contributed by atoms with Crippen molar-refractivity contribution in [3.05, 3.63) is 42.2 Å². The SMILES string of the molecule is O=C(O)NCc1nccc2ccccc12. The van der Waals surface area contributed by atoms with Gasteiger partial charge in [-0.2, -0.15) is 0 Å². The first kappa shape index (κ1) is 9.45. The number of hydrogen-bond acceptors (Lipinski definition) is 2. The first-order valence-corrected chi connectivity index (χ1v) is 4.57. The Kier molecular flexibility index (Phi) is 2.49. The van der Waals surface area contributed by atoms with Gasteiger partial charge in [-0.1, -0.05) is 24.3 Å². The molecule has 4 heteroatoms. The van der Waals surface area contributed by atoms with Crippen LogP contribution in [0.25, 0.3) is 10.8 Å². The van der Waals surface area contributed by atoms with E-state index in [0.717, 1.165) is 16.5 Å². The molecular formula is C11H10N2O2. The van der Waals surface area contributed by atoms with Crippen LogP contribution in [0.4, 0.5) is 4.79 Å². The average molecular weight is 202 g/mol. The number of nitrogens with one attached hydrogen (secondary N) is 1. The summed E-state index contributed by atoms with van der Waals surface area (Å²) in [5.41, 5.74) is 0.746. The van der Waals surface area contributed by atoms with E-state index in [1.807, 2.05) is 30.3 Å². The molecule has 1 heterocycles. The Morgan fingerprint density at radius 2 is 2.13 bits per heavy atom. The van der Waals surface area contributed by atoms with E-state index < -0.39 is 6.09 Å². The molecule has 0 saturated heterocycles. The van der Waals surface area contributed by atoms with Gasteiger partial charge in [0.2, 0.25) is 0 Å². The van der Waals surface area contributed by atoms with Crippen LogP contribution in [0.15, 0.2) is 36.5 Å². The molecule has 0 unspecified atom stereocenters. The van der Waals surface area contributed by atoms with Crippen molar-refractivity contribution in [2.45, 2.75) is 6.54 Å². The van der Waals surface area contributed by atoms with Crippen molar-refractivity contribution in [2.24, 2.45) is 0 Å². The summed E-state index contributed by atoms with van der Waals surface area (Å²) in [7, 11) is 0. The minimum Gasteiger partial charge on any atom is -0.465 e. The molecule has 0 aliphatic rings. The summed E-state index contributed by atoms with van der Waals surface area (Å²) in [6.45, 7) is 0.233. The highest BCUT2D eigenvalue weighted by atomic mass is 16.4. The third-order valence-corrected chi connectivity index (χ3v) is 2.16. The van der Waals surface area contributed by atoms with E-state index in [4.69, 9.17) is 5.11 Å². The molecule has 76 valence electrons. The Bertz CT molecular complexity index is 491. The highest BCUT2D eigenvalue weighted by molar-refractivity contribution is 5.84. The predicted molar refractivity (Wildman–Crippen MR) is 56.6 cm³/mol. The highest BCUT2D eigenvalue weighted by Gasteiger charge is 2.02. The second kappa shape index (κ2) is 3.96. The third kappa shape index (κ3) is 2.04. The quantitative estimate of drug-likeness (QED) is 0.782. The van der Waals surface area contributed by atoms with Crippen LogP contribution in [0.1, 0.15) is 5.69 Å². The van der Waals surface area contributed by atoms with Crippen molar-refractivity contribution in [1.29, 1.82) is 0 Å². The maximum absolute atomic E-state index is 10.4. The number of aromatic nitrogens is 1. The number of rotatable bonds is 2. The van der Waals surface area contributed by atoms with Crippen LogP contribution in [0.5, 0.6) is 0 Å². The van der Waals surface area contributed by atoms with Gasteiger partial charge in [-0.3, -0.25) is 4.98 Å². The molecule has 2 N–H and O–H groups in total. The van der Waals surface area contributed by atoms with Crippen LogP contribution in [0.2, 0.25) is 0 Å². The zero-order valence-electron chi connectivity index (χ0n) is 7.97. The lowest BCUT2D eigenvalue weighted by Gasteiger charge is -2.04. The van der Waals surface area contributed by atoms with Crippen molar-refractivity contribution in [1.82, 2.24) is 10.3 Å². The van der Waals surface area contributed by atoms with Gasteiger partial charge in [-0.15, -0.1) is 0 Å². The zero-order valence-corrected chi connectivity index (χ0v) is 7.97. The molecule has 1 amide bonds. The van der Waals surface area contributed by atoms with Gasteiger partial charge in [0.15, 0.2) is 0 Å². The summed E-state index contributed by atoms with van der Waals surface area (Å²) >= 11 is 0. The first-order valence-electron chi connectivity index (χ1n) is 4.57. The van der Waals surface area contributed by atoms with Crippen LogP contribution in [-0.4, -0.2) is 16.2 Å². The Hall–Kier alpha value is -2.10. The second-order valence-electron chi connectivity index (χ2n) is 3.14. The summed E-state index contributed by atoms with van der Waals surface area (Å²) in [6, 6.07) is 9.66. The number of benzene rings is 1. The standard InChI is InChI=1S/C11H10N2O2/c14-11(15)13-7-10-9-4-2-1-3-8(9)5-6-12-10/h1-6,13H,7H2,(H,14,15). The van der Waals surface area contributed by atoms with E-state index in [1.54, 1.807) is 6.20 Å². The van der Waals surface area contributed by atoms with Gasteiger partial charge in [0.25, 0.3) is 0 Å². The third-order valence-electron chi connectivity index (χ3n) is 2.16. The molecule has 2 aromatic rings. The topological polar surface area (TPSA) is 62.2 Å². The largest absolute Gasteiger partial charge is 0.465 e.